The van der Waals surface area contributed by atoms with Gasteiger partial charge in [-0.2, -0.15) is 0 Å². The molecule has 2 amide bonds. The molecule has 0 radical (unpaired) electrons. The normalized spacial score (nSPS) is 13.5. The van der Waals surface area contributed by atoms with Gasteiger partial charge in [-0.1, -0.05) is 17.7 Å². The van der Waals surface area contributed by atoms with E-state index in [1.165, 1.54) is 0 Å². The fourth-order valence-corrected chi connectivity index (χ4v) is 1.55. The molecule has 1 rings (SSSR count). The number of hydrogen-bond acceptors (Lipinski definition) is 3. The van der Waals surface area contributed by atoms with E-state index in [1.807, 2.05) is 13.0 Å². The first kappa shape index (κ1) is 15.2. The highest BCUT2D eigenvalue weighted by Gasteiger charge is 2.17. The molecule has 0 fully saturated rings. The Morgan fingerprint density at radius 3 is 2.53 bits per heavy atom. The third-order valence-electron chi connectivity index (χ3n) is 2.68. The Bertz CT molecular complexity index is 460. The van der Waals surface area contributed by atoms with Crippen molar-refractivity contribution in [2.24, 2.45) is 0 Å². The van der Waals surface area contributed by atoms with Gasteiger partial charge in [0.1, 0.15) is 6.04 Å². The van der Waals surface area contributed by atoms with Crippen LogP contribution in [0.5, 0.6) is 0 Å². The van der Waals surface area contributed by atoms with Gasteiger partial charge in [-0.05, 0) is 32.9 Å². The lowest BCUT2D eigenvalue weighted by atomic mass is 10.1. The molecule has 5 nitrogen and oxygen atoms in total. The topological polar surface area (TPSA) is 78.4 Å². The van der Waals surface area contributed by atoms with E-state index in [1.54, 1.807) is 32.0 Å². The molecule has 0 aromatic heterocycles. The van der Waals surface area contributed by atoms with Crippen molar-refractivity contribution in [2.75, 3.05) is 6.61 Å². The second kappa shape index (κ2) is 6.89. The van der Waals surface area contributed by atoms with Gasteiger partial charge < -0.3 is 15.7 Å². The molecule has 0 aliphatic carbocycles. The van der Waals surface area contributed by atoms with Crippen molar-refractivity contribution in [1.82, 2.24) is 10.6 Å². The van der Waals surface area contributed by atoms with E-state index in [9.17, 15) is 9.59 Å². The van der Waals surface area contributed by atoms with E-state index in [2.05, 4.69) is 10.6 Å². The molecule has 0 aliphatic heterocycles. The molecule has 2 atom stereocenters. The van der Waals surface area contributed by atoms with Crippen LogP contribution in [0.25, 0.3) is 0 Å². The Morgan fingerprint density at radius 2 is 1.95 bits per heavy atom. The SMILES string of the molecule is Cc1cccc(C(=O)NC(C)C(=O)NC(C)CO)c1. The average Bonchev–Trinajstić information content (AvgIpc) is 2.38. The molecule has 0 aliphatic rings. The molecule has 0 saturated heterocycles. The highest BCUT2D eigenvalue weighted by molar-refractivity contribution is 5.97. The standard InChI is InChI=1S/C14H20N2O3/c1-9-5-4-6-12(7-9)14(19)16-11(3)13(18)15-10(2)8-17/h4-7,10-11,17H,8H2,1-3H3,(H,15,18)(H,16,19). The molecular weight excluding hydrogens is 244 g/mol. The van der Waals surface area contributed by atoms with Crippen LogP contribution < -0.4 is 10.6 Å². The lowest BCUT2D eigenvalue weighted by Gasteiger charge is -2.17. The van der Waals surface area contributed by atoms with Crippen LogP contribution in [0.15, 0.2) is 24.3 Å². The van der Waals surface area contributed by atoms with Crippen molar-refractivity contribution in [2.45, 2.75) is 32.9 Å². The molecule has 5 heteroatoms. The van der Waals surface area contributed by atoms with Crippen molar-refractivity contribution in [3.63, 3.8) is 0 Å². The summed E-state index contributed by atoms with van der Waals surface area (Å²) < 4.78 is 0. The van der Waals surface area contributed by atoms with Crippen LogP contribution in [0.4, 0.5) is 0 Å². The first-order valence-electron chi connectivity index (χ1n) is 6.22. The van der Waals surface area contributed by atoms with Crippen molar-refractivity contribution in [3.8, 4) is 0 Å². The number of carbonyl (C=O) groups is 2. The summed E-state index contributed by atoms with van der Waals surface area (Å²) in [5.74, 6) is -0.606. The predicted octanol–water partition coefficient (Wildman–Crippen LogP) is 0.610. The van der Waals surface area contributed by atoms with Gasteiger partial charge in [0.05, 0.1) is 6.61 Å². The zero-order valence-corrected chi connectivity index (χ0v) is 11.4. The highest BCUT2D eigenvalue weighted by atomic mass is 16.3. The maximum atomic E-state index is 11.9. The number of aliphatic hydroxyl groups is 1. The van der Waals surface area contributed by atoms with Gasteiger partial charge in [0.25, 0.3) is 5.91 Å². The van der Waals surface area contributed by atoms with E-state index < -0.39 is 6.04 Å². The summed E-state index contributed by atoms with van der Waals surface area (Å²) in [6.45, 7) is 5.06. The minimum atomic E-state index is -0.651. The molecule has 3 N–H and O–H groups in total. The van der Waals surface area contributed by atoms with E-state index in [4.69, 9.17) is 5.11 Å². The third kappa shape index (κ3) is 4.71. The Hall–Kier alpha value is -1.88. The zero-order chi connectivity index (χ0) is 14.4. The first-order chi connectivity index (χ1) is 8.93. The molecule has 0 spiro atoms. The summed E-state index contributed by atoms with van der Waals surface area (Å²) in [7, 11) is 0. The van der Waals surface area contributed by atoms with Crippen LogP contribution in [0.3, 0.4) is 0 Å². The number of amides is 2. The van der Waals surface area contributed by atoms with Crippen molar-refractivity contribution in [1.29, 1.82) is 0 Å². The molecule has 0 bridgehead atoms. The summed E-state index contributed by atoms with van der Waals surface area (Å²) in [6.07, 6.45) is 0. The van der Waals surface area contributed by atoms with Crippen LogP contribution in [0.1, 0.15) is 29.8 Å². The predicted molar refractivity (Wildman–Crippen MR) is 72.8 cm³/mol. The lowest BCUT2D eigenvalue weighted by Crippen LogP contribution is -2.48. The Kier molecular flexibility index (Phi) is 5.51. The second-order valence-electron chi connectivity index (χ2n) is 4.66. The van der Waals surface area contributed by atoms with Gasteiger partial charge in [-0.3, -0.25) is 9.59 Å². The van der Waals surface area contributed by atoms with Crippen LogP contribution in [-0.4, -0.2) is 35.6 Å². The van der Waals surface area contributed by atoms with Crippen LogP contribution >= 0.6 is 0 Å². The van der Waals surface area contributed by atoms with Gasteiger partial charge in [0.2, 0.25) is 5.91 Å². The van der Waals surface area contributed by atoms with Crippen LogP contribution in [0.2, 0.25) is 0 Å². The summed E-state index contributed by atoms with van der Waals surface area (Å²) in [4.78, 5) is 23.6. The maximum Gasteiger partial charge on any atom is 0.251 e. The zero-order valence-electron chi connectivity index (χ0n) is 11.4. The molecule has 0 heterocycles. The number of hydrogen-bond donors (Lipinski definition) is 3. The number of carbonyl (C=O) groups excluding carboxylic acids is 2. The third-order valence-corrected chi connectivity index (χ3v) is 2.68. The van der Waals surface area contributed by atoms with Gasteiger partial charge in [-0.15, -0.1) is 0 Å². The average molecular weight is 264 g/mol. The van der Waals surface area contributed by atoms with E-state index in [-0.39, 0.29) is 24.5 Å². The second-order valence-corrected chi connectivity index (χ2v) is 4.66. The number of nitrogens with one attached hydrogen (secondary N) is 2. The lowest BCUT2D eigenvalue weighted by molar-refractivity contribution is -0.123. The van der Waals surface area contributed by atoms with E-state index in [0.29, 0.717) is 5.56 Å². The van der Waals surface area contributed by atoms with Gasteiger partial charge in [0, 0.05) is 11.6 Å². The molecule has 19 heavy (non-hydrogen) atoms. The van der Waals surface area contributed by atoms with Gasteiger partial charge >= 0.3 is 0 Å². The Labute approximate surface area is 113 Å². The quantitative estimate of drug-likeness (QED) is 0.729. The summed E-state index contributed by atoms with van der Waals surface area (Å²) in [6, 6.07) is 6.17. The molecule has 1 aromatic carbocycles. The van der Waals surface area contributed by atoms with Gasteiger partial charge in [-0.25, -0.2) is 0 Å². The molecule has 0 saturated carbocycles. The minimum Gasteiger partial charge on any atom is -0.394 e. The minimum absolute atomic E-state index is 0.135. The highest BCUT2D eigenvalue weighted by Crippen LogP contribution is 2.04. The largest absolute Gasteiger partial charge is 0.394 e. The number of benzene rings is 1. The smallest absolute Gasteiger partial charge is 0.251 e. The summed E-state index contributed by atoms with van der Waals surface area (Å²) >= 11 is 0. The van der Waals surface area contributed by atoms with E-state index >= 15 is 0 Å². The molecule has 104 valence electrons. The van der Waals surface area contributed by atoms with Crippen molar-refractivity contribution < 1.29 is 14.7 Å². The Balaban J connectivity index is 2.59. The molecular formula is C14H20N2O3. The van der Waals surface area contributed by atoms with Crippen molar-refractivity contribution in [3.05, 3.63) is 35.4 Å². The number of aryl methyl sites for hydroxylation is 1. The van der Waals surface area contributed by atoms with E-state index in [0.717, 1.165) is 5.56 Å². The molecule has 2 unspecified atom stereocenters. The number of rotatable bonds is 5. The number of aliphatic hydroxyl groups excluding tert-OH is 1. The first-order valence-corrected chi connectivity index (χ1v) is 6.22. The summed E-state index contributed by atoms with van der Waals surface area (Å²) in [5, 5.41) is 14.1. The fourth-order valence-electron chi connectivity index (χ4n) is 1.55. The fraction of sp³-hybridized carbons (Fsp3) is 0.429. The summed E-state index contributed by atoms with van der Waals surface area (Å²) in [5.41, 5.74) is 1.51. The Morgan fingerprint density at radius 1 is 1.26 bits per heavy atom. The molecule has 1 aromatic rings. The monoisotopic (exact) mass is 264 g/mol. The van der Waals surface area contributed by atoms with Gasteiger partial charge in [0.15, 0.2) is 0 Å². The maximum absolute atomic E-state index is 11.9. The van der Waals surface area contributed by atoms with Crippen molar-refractivity contribution >= 4 is 11.8 Å². The van der Waals surface area contributed by atoms with Crippen LogP contribution in [-0.2, 0) is 4.79 Å². The van der Waals surface area contributed by atoms with Crippen LogP contribution in [0, 0.1) is 6.92 Å².